The predicted octanol–water partition coefficient (Wildman–Crippen LogP) is 1.39. The third-order valence-corrected chi connectivity index (χ3v) is 3.24. The molecule has 23 heavy (non-hydrogen) atoms. The van der Waals surface area contributed by atoms with Crippen molar-refractivity contribution >= 4 is 34.4 Å². The third kappa shape index (κ3) is 3.74. The van der Waals surface area contributed by atoms with E-state index in [9.17, 15) is 14.8 Å². The summed E-state index contributed by atoms with van der Waals surface area (Å²) < 4.78 is 0. The molecule has 0 aliphatic carbocycles. The van der Waals surface area contributed by atoms with Crippen LogP contribution in [-0.2, 0) is 9.59 Å². The highest BCUT2D eigenvalue weighted by Gasteiger charge is 2.38. The van der Waals surface area contributed by atoms with E-state index >= 15 is 0 Å². The second-order valence-corrected chi connectivity index (χ2v) is 4.81. The Kier molecular flexibility index (Phi) is 4.77. The molecule has 5 N–H and O–H groups in total. The number of anilines is 1. The molecule has 1 atom stereocenters. The summed E-state index contributed by atoms with van der Waals surface area (Å²) in [6.45, 7) is 0. The molecule has 8 heteroatoms. The van der Waals surface area contributed by atoms with Gasteiger partial charge in [-0.15, -0.1) is 0 Å². The maximum absolute atomic E-state index is 11.6. The summed E-state index contributed by atoms with van der Waals surface area (Å²) in [7, 11) is 0. The second kappa shape index (κ2) is 6.75. The van der Waals surface area contributed by atoms with Crippen LogP contribution < -0.4 is 11.1 Å². The number of carboxylic acid groups (broad SMARTS) is 1. The lowest BCUT2D eigenvalue weighted by molar-refractivity contribution is -0.171. The molecule has 0 bridgehead atoms. The number of hydrogen-bond donors (Lipinski definition) is 4. The van der Waals surface area contributed by atoms with Crippen molar-refractivity contribution in [2.75, 3.05) is 5.32 Å². The van der Waals surface area contributed by atoms with Gasteiger partial charge >= 0.3 is 6.09 Å². The molecule has 1 aliphatic heterocycles. The van der Waals surface area contributed by atoms with Crippen molar-refractivity contribution in [3.63, 3.8) is 0 Å². The molecule has 1 saturated heterocycles. The van der Waals surface area contributed by atoms with Gasteiger partial charge in [-0.2, -0.15) is 5.06 Å². The monoisotopic (exact) mass is 317 g/mol. The van der Waals surface area contributed by atoms with Gasteiger partial charge in [-0.1, -0.05) is 36.4 Å². The highest BCUT2D eigenvalue weighted by atomic mass is 16.5. The number of primary amides is 1. The number of hydrogen-bond acceptors (Lipinski definition) is 5. The molecule has 1 heterocycles. The number of carbonyl (C=O) groups excluding carboxylic acids is 2. The van der Waals surface area contributed by atoms with Crippen LogP contribution in [0.3, 0.4) is 0 Å². The molecular weight excluding hydrogens is 302 g/mol. The fourth-order valence-electron chi connectivity index (χ4n) is 2.27. The average molecular weight is 317 g/mol. The van der Waals surface area contributed by atoms with Gasteiger partial charge in [0, 0.05) is 11.1 Å². The van der Waals surface area contributed by atoms with Gasteiger partial charge < -0.3 is 16.2 Å². The van der Waals surface area contributed by atoms with Crippen molar-refractivity contribution in [3.8, 4) is 0 Å². The van der Waals surface area contributed by atoms with Gasteiger partial charge in [0.1, 0.15) is 6.04 Å². The van der Waals surface area contributed by atoms with E-state index in [0.29, 0.717) is 0 Å². The standard InChI is InChI=1S/C14H12N2O3.CH3NO2/c17-13-8-12(14(18)16(13)19)15-11-7-3-5-9-4-1-2-6-10(9)11;2-1(3)4/h1-7,12,15,19H,8H2;2H2,(H,3,4). The summed E-state index contributed by atoms with van der Waals surface area (Å²) in [6, 6.07) is 12.8. The minimum absolute atomic E-state index is 0.0292. The smallest absolute Gasteiger partial charge is 0.402 e. The maximum Gasteiger partial charge on any atom is 0.402 e. The van der Waals surface area contributed by atoms with Crippen molar-refractivity contribution in [2.24, 2.45) is 5.73 Å². The van der Waals surface area contributed by atoms with Crippen LogP contribution in [0.5, 0.6) is 0 Å². The quantitative estimate of drug-likeness (QED) is 0.488. The summed E-state index contributed by atoms with van der Waals surface area (Å²) in [4.78, 5) is 31.7. The van der Waals surface area contributed by atoms with Crippen molar-refractivity contribution in [3.05, 3.63) is 42.5 Å². The number of benzene rings is 2. The van der Waals surface area contributed by atoms with E-state index in [0.717, 1.165) is 16.5 Å². The van der Waals surface area contributed by atoms with E-state index in [4.69, 9.17) is 9.90 Å². The summed E-state index contributed by atoms with van der Waals surface area (Å²) >= 11 is 0. The molecule has 2 aromatic rings. The van der Waals surface area contributed by atoms with Crippen LogP contribution in [0.1, 0.15) is 6.42 Å². The Hall–Kier alpha value is -3.13. The molecule has 1 fully saturated rings. The van der Waals surface area contributed by atoms with Crippen LogP contribution in [0.15, 0.2) is 42.5 Å². The van der Waals surface area contributed by atoms with E-state index in [1.54, 1.807) is 0 Å². The van der Waals surface area contributed by atoms with E-state index in [1.165, 1.54) is 0 Å². The minimum atomic E-state index is -1.33. The van der Waals surface area contributed by atoms with Crippen LogP contribution in [0.2, 0.25) is 0 Å². The summed E-state index contributed by atoms with van der Waals surface area (Å²) in [5, 5.41) is 21.6. The summed E-state index contributed by atoms with van der Waals surface area (Å²) in [6.07, 6.45) is -1.36. The van der Waals surface area contributed by atoms with E-state index in [2.05, 4.69) is 11.1 Å². The highest BCUT2D eigenvalue weighted by molar-refractivity contribution is 6.06. The van der Waals surface area contributed by atoms with Gasteiger partial charge in [0.15, 0.2) is 0 Å². The number of carbonyl (C=O) groups is 3. The molecule has 0 aromatic heterocycles. The van der Waals surface area contributed by atoms with Gasteiger partial charge in [0.05, 0.1) is 6.42 Å². The van der Waals surface area contributed by atoms with E-state index in [1.807, 2.05) is 42.5 Å². The molecular formula is C15H15N3O5. The Morgan fingerprint density at radius 1 is 1.17 bits per heavy atom. The van der Waals surface area contributed by atoms with Crippen molar-refractivity contribution < 1.29 is 24.7 Å². The van der Waals surface area contributed by atoms with Crippen molar-refractivity contribution in [1.82, 2.24) is 5.06 Å². The lowest BCUT2D eigenvalue weighted by Crippen LogP contribution is -2.32. The Morgan fingerprint density at radius 2 is 1.78 bits per heavy atom. The highest BCUT2D eigenvalue weighted by Crippen LogP contribution is 2.25. The van der Waals surface area contributed by atoms with Gasteiger partial charge in [-0.05, 0) is 11.5 Å². The largest absolute Gasteiger partial charge is 0.465 e. The fourth-order valence-corrected chi connectivity index (χ4v) is 2.27. The molecule has 120 valence electrons. The normalized spacial score (nSPS) is 16.9. The molecule has 0 radical (unpaired) electrons. The van der Waals surface area contributed by atoms with Crippen molar-refractivity contribution in [1.29, 1.82) is 0 Å². The number of imide groups is 1. The SMILES string of the molecule is NC(=O)O.O=C1CC(Nc2cccc3ccccc23)C(=O)N1O. The fraction of sp³-hybridized carbons (Fsp3) is 0.133. The molecule has 1 aliphatic rings. The van der Waals surface area contributed by atoms with Gasteiger partial charge in [-0.25, -0.2) is 4.79 Å². The summed E-state index contributed by atoms with van der Waals surface area (Å²) in [5.74, 6) is -1.19. The first-order valence-corrected chi connectivity index (χ1v) is 6.68. The number of amides is 3. The van der Waals surface area contributed by atoms with Gasteiger partial charge in [0.2, 0.25) is 0 Å². The Morgan fingerprint density at radius 3 is 2.39 bits per heavy atom. The lowest BCUT2D eigenvalue weighted by atomic mass is 10.1. The first-order valence-electron chi connectivity index (χ1n) is 6.68. The lowest BCUT2D eigenvalue weighted by Gasteiger charge is -2.13. The number of rotatable bonds is 2. The molecule has 3 rings (SSSR count). The Labute approximate surface area is 131 Å². The molecule has 8 nitrogen and oxygen atoms in total. The van der Waals surface area contributed by atoms with Crippen LogP contribution >= 0.6 is 0 Å². The number of nitrogens with one attached hydrogen (secondary N) is 1. The molecule has 0 saturated carbocycles. The zero-order valence-electron chi connectivity index (χ0n) is 12.0. The number of nitrogens with zero attached hydrogens (tertiary/aromatic N) is 1. The molecule has 3 amide bonds. The predicted molar refractivity (Wildman–Crippen MR) is 81.8 cm³/mol. The zero-order chi connectivity index (χ0) is 17.0. The first kappa shape index (κ1) is 16.2. The molecule has 2 aromatic carbocycles. The number of fused-ring (bicyclic) bond motifs is 1. The van der Waals surface area contributed by atoms with E-state index < -0.39 is 23.9 Å². The van der Waals surface area contributed by atoms with Crippen LogP contribution in [0.25, 0.3) is 10.8 Å². The Bertz CT molecular complexity index is 752. The van der Waals surface area contributed by atoms with Gasteiger partial charge in [0.25, 0.3) is 11.8 Å². The molecule has 0 spiro atoms. The zero-order valence-corrected chi connectivity index (χ0v) is 12.0. The maximum atomic E-state index is 11.6. The van der Waals surface area contributed by atoms with Crippen LogP contribution in [-0.4, -0.2) is 39.3 Å². The number of nitrogens with two attached hydrogens (primary N) is 1. The minimum Gasteiger partial charge on any atom is -0.465 e. The van der Waals surface area contributed by atoms with Crippen LogP contribution in [0.4, 0.5) is 10.5 Å². The van der Waals surface area contributed by atoms with Crippen molar-refractivity contribution in [2.45, 2.75) is 12.5 Å². The topological polar surface area (TPSA) is 133 Å². The number of hydroxylamine groups is 2. The third-order valence-electron chi connectivity index (χ3n) is 3.24. The molecule has 1 unspecified atom stereocenters. The van der Waals surface area contributed by atoms with E-state index in [-0.39, 0.29) is 11.5 Å². The summed E-state index contributed by atoms with van der Waals surface area (Å²) in [5.41, 5.74) is 4.81. The van der Waals surface area contributed by atoms with Gasteiger partial charge in [-0.3, -0.25) is 14.8 Å². The average Bonchev–Trinajstić information content (AvgIpc) is 2.74. The Balaban J connectivity index is 0.000000433. The first-order chi connectivity index (χ1) is 10.9. The van der Waals surface area contributed by atoms with Crippen LogP contribution in [0, 0.1) is 0 Å². The second-order valence-electron chi connectivity index (χ2n) is 4.81.